The fourth-order valence-corrected chi connectivity index (χ4v) is 3.79. The van der Waals surface area contributed by atoms with Crippen LogP contribution in [-0.2, 0) is 17.6 Å². The van der Waals surface area contributed by atoms with E-state index < -0.39 is 6.04 Å². The van der Waals surface area contributed by atoms with Gasteiger partial charge in [-0.1, -0.05) is 47.5 Å². The molecule has 3 nitrogen and oxygen atoms in total. The van der Waals surface area contributed by atoms with Gasteiger partial charge in [0.15, 0.2) is 5.78 Å². The zero-order valence-corrected chi connectivity index (χ0v) is 16.4. The molecule has 1 aliphatic rings. The van der Waals surface area contributed by atoms with Gasteiger partial charge in [-0.25, -0.2) is 0 Å². The molecular weight excluding hydrogens is 393 g/mol. The highest BCUT2D eigenvalue weighted by molar-refractivity contribution is 6.32. The van der Waals surface area contributed by atoms with Gasteiger partial charge in [0.05, 0.1) is 5.71 Å². The fraction of sp³-hybridized carbons (Fsp3) is 0.130. The molecule has 0 aliphatic carbocycles. The summed E-state index contributed by atoms with van der Waals surface area (Å²) in [5.74, 6) is 0.213. The van der Waals surface area contributed by atoms with Crippen molar-refractivity contribution >= 4 is 34.7 Å². The maximum atomic E-state index is 13.0. The number of hydrogen-bond donors (Lipinski definition) is 1. The molecule has 5 heteroatoms. The van der Waals surface area contributed by atoms with Crippen molar-refractivity contribution in [1.82, 2.24) is 0 Å². The van der Waals surface area contributed by atoms with Crippen molar-refractivity contribution < 1.29 is 9.90 Å². The Morgan fingerprint density at radius 2 is 1.75 bits per heavy atom. The van der Waals surface area contributed by atoms with E-state index in [0.29, 0.717) is 22.2 Å². The van der Waals surface area contributed by atoms with Gasteiger partial charge in [-0.2, -0.15) is 0 Å². The number of aliphatic imine (C=N–C) groups is 1. The van der Waals surface area contributed by atoms with E-state index in [1.807, 2.05) is 36.4 Å². The molecule has 4 rings (SSSR count). The molecule has 1 aliphatic heterocycles. The van der Waals surface area contributed by atoms with Gasteiger partial charge in [-0.15, -0.1) is 0 Å². The van der Waals surface area contributed by atoms with Crippen molar-refractivity contribution in [2.45, 2.75) is 18.9 Å². The lowest BCUT2D eigenvalue weighted by Crippen LogP contribution is -2.23. The average molecular weight is 410 g/mol. The van der Waals surface area contributed by atoms with E-state index in [9.17, 15) is 9.90 Å². The Labute approximate surface area is 173 Å². The SMILES string of the molecule is O=C1Cc2ccc(Cl)cc2C(c2ccc(O)cc2)=NC1Cc1ccccc1Cl. The highest BCUT2D eigenvalue weighted by Gasteiger charge is 2.27. The third-order valence-corrected chi connectivity index (χ3v) is 5.46. The van der Waals surface area contributed by atoms with E-state index in [0.717, 1.165) is 22.3 Å². The highest BCUT2D eigenvalue weighted by Crippen LogP contribution is 2.27. The maximum Gasteiger partial charge on any atom is 0.162 e. The minimum Gasteiger partial charge on any atom is -0.508 e. The lowest BCUT2D eigenvalue weighted by molar-refractivity contribution is -0.119. The third-order valence-electron chi connectivity index (χ3n) is 4.86. The second kappa shape index (κ2) is 7.78. The monoisotopic (exact) mass is 409 g/mol. The molecule has 0 fully saturated rings. The second-order valence-corrected chi connectivity index (χ2v) is 7.62. The van der Waals surface area contributed by atoms with Crippen LogP contribution in [0.1, 0.15) is 22.3 Å². The molecule has 0 spiro atoms. The number of carbonyl (C=O) groups excluding carboxylic acids is 1. The Kier molecular flexibility index (Phi) is 5.21. The maximum absolute atomic E-state index is 13.0. The first-order valence-corrected chi connectivity index (χ1v) is 9.69. The molecule has 0 aromatic heterocycles. The minimum absolute atomic E-state index is 0.0391. The van der Waals surface area contributed by atoms with Crippen molar-refractivity contribution in [3.05, 3.63) is 99.0 Å². The zero-order chi connectivity index (χ0) is 19.7. The summed E-state index contributed by atoms with van der Waals surface area (Å²) in [6.07, 6.45) is 0.717. The van der Waals surface area contributed by atoms with Crippen LogP contribution >= 0.6 is 23.2 Å². The van der Waals surface area contributed by atoms with Crippen LogP contribution in [0.5, 0.6) is 5.75 Å². The van der Waals surface area contributed by atoms with Gasteiger partial charge in [0.2, 0.25) is 0 Å². The van der Waals surface area contributed by atoms with E-state index >= 15 is 0 Å². The largest absolute Gasteiger partial charge is 0.508 e. The lowest BCUT2D eigenvalue weighted by Gasteiger charge is -2.13. The first kappa shape index (κ1) is 18.7. The van der Waals surface area contributed by atoms with Gasteiger partial charge >= 0.3 is 0 Å². The Bertz CT molecular complexity index is 1070. The van der Waals surface area contributed by atoms with Crippen molar-refractivity contribution in [3.8, 4) is 5.75 Å². The number of halogens is 2. The summed E-state index contributed by atoms with van der Waals surface area (Å²) in [5.41, 5.74) is 4.14. The number of phenols is 1. The topological polar surface area (TPSA) is 49.7 Å². The van der Waals surface area contributed by atoms with E-state index in [2.05, 4.69) is 0 Å². The number of fused-ring (bicyclic) bond motifs is 1. The van der Waals surface area contributed by atoms with Crippen LogP contribution in [0, 0.1) is 0 Å². The molecule has 3 aromatic carbocycles. The molecule has 1 heterocycles. The smallest absolute Gasteiger partial charge is 0.162 e. The molecule has 0 saturated carbocycles. The van der Waals surface area contributed by atoms with Crippen LogP contribution in [-0.4, -0.2) is 22.6 Å². The van der Waals surface area contributed by atoms with Crippen LogP contribution in [0.3, 0.4) is 0 Å². The molecule has 1 N–H and O–H groups in total. The molecule has 3 aromatic rings. The van der Waals surface area contributed by atoms with Gasteiger partial charge in [0.25, 0.3) is 0 Å². The quantitative estimate of drug-likeness (QED) is 0.639. The summed E-state index contributed by atoms with van der Waals surface area (Å²) in [7, 11) is 0. The van der Waals surface area contributed by atoms with Crippen molar-refractivity contribution in [3.63, 3.8) is 0 Å². The number of rotatable bonds is 3. The summed E-state index contributed by atoms with van der Waals surface area (Å²) in [6, 6.07) is 19.3. The zero-order valence-electron chi connectivity index (χ0n) is 14.9. The Morgan fingerprint density at radius 1 is 1.00 bits per heavy atom. The summed E-state index contributed by atoms with van der Waals surface area (Å²) in [4.78, 5) is 17.8. The van der Waals surface area contributed by atoms with Gasteiger partial charge in [0.1, 0.15) is 11.8 Å². The third kappa shape index (κ3) is 3.82. The first-order chi connectivity index (χ1) is 13.5. The normalized spacial score (nSPS) is 16.3. The Balaban J connectivity index is 1.84. The highest BCUT2D eigenvalue weighted by atomic mass is 35.5. The van der Waals surface area contributed by atoms with Gasteiger partial charge in [0, 0.05) is 34.0 Å². The summed E-state index contributed by atoms with van der Waals surface area (Å²) in [6.45, 7) is 0. The van der Waals surface area contributed by atoms with Gasteiger partial charge < -0.3 is 5.11 Å². The Morgan fingerprint density at radius 3 is 2.50 bits per heavy atom. The number of aromatic hydroxyl groups is 1. The number of carbonyl (C=O) groups is 1. The summed E-state index contributed by atoms with van der Waals surface area (Å²) in [5, 5.41) is 10.9. The molecular formula is C23H17Cl2NO2. The molecule has 28 heavy (non-hydrogen) atoms. The molecule has 0 radical (unpaired) electrons. The molecule has 140 valence electrons. The predicted octanol–water partition coefficient (Wildman–Crippen LogP) is 5.27. The first-order valence-electron chi connectivity index (χ1n) is 8.93. The Hall–Kier alpha value is -2.62. The molecule has 0 amide bonds. The van der Waals surface area contributed by atoms with Crippen LogP contribution in [0.15, 0.2) is 71.7 Å². The summed E-state index contributed by atoms with van der Waals surface area (Å²) < 4.78 is 0. The number of phenolic OH excluding ortho intramolecular Hbond substituents is 1. The number of Topliss-reactive ketones (excluding diaryl/α,β-unsaturated/α-hetero) is 1. The van der Waals surface area contributed by atoms with Gasteiger partial charge in [-0.05, 0) is 53.6 Å². The number of benzene rings is 3. The van der Waals surface area contributed by atoms with Crippen molar-refractivity contribution in [2.24, 2.45) is 4.99 Å². The van der Waals surface area contributed by atoms with E-state index in [4.69, 9.17) is 28.2 Å². The summed E-state index contributed by atoms with van der Waals surface area (Å²) >= 11 is 12.5. The predicted molar refractivity (Wildman–Crippen MR) is 113 cm³/mol. The van der Waals surface area contributed by atoms with Crippen molar-refractivity contribution in [1.29, 1.82) is 0 Å². The number of ketones is 1. The van der Waals surface area contributed by atoms with Crippen molar-refractivity contribution in [2.75, 3.05) is 0 Å². The fourth-order valence-electron chi connectivity index (χ4n) is 3.41. The molecule has 0 saturated heterocycles. The van der Waals surface area contributed by atoms with E-state index in [1.54, 1.807) is 30.3 Å². The molecule has 1 atom stereocenters. The number of nitrogens with zero attached hydrogens (tertiary/aromatic N) is 1. The van der Waals surface area contributed by atoms with Gasteiger partial charge in [-0.3, -0.25) is 9.79 Å². The molecule has 1 unspecified atom stereocenters. The van der Waals surface area contributed by atoms with Crippen LogP contribution in [0.2, 0.25) is 10.0 Å². The minimum atomic E-state index is -0.546. The lowest BCUT2D eigenvalue weighted by atomic mass is 9.95. The second-order valence-electron chi connectivity index (χ2n) is 6.78. The molecule has 0 bridgehead atoms. The van der Waals surface area contributed by atoms with E-state index in [1.165, 1.54) is 0 Å². The average Bonchev–Trinajstić information content (AvgIpc) is 2.81. The van der Waals surface area contributed by atoms with Crippen LogP contribution in [0.4, 0.5) is 0 Å². The number of hydrogen-bond acceptors (Lipinski definition) is 3. The standard InChI is InChI=1S/C23H17Cl2NO2/c24-17-8-5-15-12-22(28)21(11-16-3-1-2-4-20(16)25)26-23(19(15)13-17)14-6-9-18(27)10-7-14/h1-10,13,21,27H,11-12H2. The van der Waals surface area contributed by atoms with Crippen LogP contribution < -0.4 is 0 Å². The van der Waals surface area contributed by atoms with E-state index in [-0.39, 0.29) is 18.0 Å². The van der Waals surface area contributed by atoms with Crippen LogP contribution in [0.25, 0.3) is 0 Å².